The van der Waals surface area contributed by atoms with E-state index in [2.05, 4.69) is 45.9 Å². The van der Waals surface area contributed by atoms with E-state index >= 15 is 0 Å². The van der Waals surface area contributed by atoms with Crippen molar-refractivity contribution in [2.24, 2.45) is 0 Å². The standard InChI is InChI=1S/C14H20/c1-10-7-12(11-5-6-11)9-13(8-10)14(2,3)4/h7-9,11H,5-6H2,1-4H3. The van der Waals surface area contributed by atoms with Gasteiger partial charge in [0.15, 0.2) is 0 Å². The van der Waals surface area contributed by atoms with Crippen molar-refractivity contribution < 1.29 is 0 Å². The first-order chi connectivity index (χ1) is 6.47. The minimum atomic E-state index is 0.287. The molecule has 0 spiro atoms. The zero-order valence-electron chi connectivity index (χ0n) is 9.72. The van der Waals surface area contributed by atoms with E-state index in [1.165, 1.54) is 24.0 Å². The molecule has 1 aliphatic rings. The summed E-state index contributed by atoms with van der Waals surface area (Å²) in [4.78, 5) is 0. The Labute approximate surface area is 87.3 Å². The highest BCUT2D eigenvalue weighted by atomic mass is 14.3. The predicted molar refractivity (Wildman–Crippen MR) is 61.9 cm³/mol. The molecule has 0 unspecified atom stereocenters. The van der Waals surface area contributed by atoms with Crippen LogP contribution in [0.3, 0.4) is 0 Å². The molecule has 0 bridgehead atoms. The van der Waals surface area contributed by atoms with Gasteiger partial charge in [-0.3, -0.25) is 0 Å². The van der Waals surface area contributed by atoms with Crippen LogP contribution in [-0.4, -0.2) is 0 Å². The molecule has 0 N–H and O–H groups in total. The fourth-order valence-corrected chi connectivity index (χ4v) is 1.90. The fraction of sp³-hybridized carbons (Fsp3) is 0.571. The van der Waals surface area contributed by atoms with Crippen LogP contribution in [-0.2, 0) is 5.41 Å². The topological polar surface area (TPSA) is 0 Å². The normalized spacial score (nSPS) is 17.1. The number of aryl methyl sites for hydroxylation is 1. The third-order valence-electron chi connectivity index (χ3n) is 3.01. The quantitative estimate of drug-likeness (QED) is 0.620. The number of hydrogen-bond acceptors (Lipinski definition) is 0. The van der Waals surface area contributed by atoms with Crippen molar-refractivity contribution in [1.82, 2.24) is 0 Å². The molecule has 14 heavy (non-hydrogen) atoms. The summed E-state index contributed by atoms with van der Waals surface area (Å²) in [6, 6.07) is 7.09. The van der Waals surface area contributed by atoms with Crippen LogP contribution in [0.4, 0.5) is 0 Å². The summed E-state index contributed by atoms with van der Waals surface area (Å²) in [6.07, 6.45) is 2.79. The molecule has 0 heterocycles. The Hall–Kier alpha value is -0.780. The Morgan fingerprint density at radius 2 is 1.71 bits per heavy atom. The van der Waals surface area contributed by atoms with Crippen LogP contribution in [0.2, 0.25) is 0 Å². The van der Waals surface area contributed by atoms with Gasteiger partial charge >= 0.3 is 0 Å². The first kappa shape index (κ1) is 9.76. The maximum Gasteiger partial charge on any atom is -0.0132 e. The van der Waals surface area contributed by atoms with Gasteiger partial charge in [0.05, 0.1) is 0 Å². The van der Waals surface area contributed by atoms with Crippen LogP contribution >= 0.6 is 0 Å². The van der Waals surface area contributed by atoms with E-state index in [-0.39, 0.29) is 5.41 Å². The van der Waals surface area contributed by atoms with Crippen LogP contribution in [0.15, 0.2) is 18.2 Å². The lowest BCUT2D eigenvalue weighted by Crippen LogP contribution is -2.11. The van der Waals surface area contributed by atoms with Crippen molar-refractivity contribution in [3.63, 3.8) is 0 Å². The maximum absolute atomic E-state index is 2.41. The second-order valence-electron chi connectivity index (χ2n) is 5.66. The first-order valence-corrected chi connectivity index (χ1v) is 5.59. The van der Waals surface area contributed by atoms with Crippen molar-refractivity contribution in [2.75, 3.05) is 0 Å². The van der Waals surface area contributed by atoms with Gasteiger partial charge in [-0.1, -0.05) is 44.5 Å². The zero-order chi connectivity index (χ0) is 10.3. The number of rotatable bonds is 1. The number of hydrogen-bond donors (Lipinski definition) is 0. The third-order valence-corrected chi connectivity index (χ3v) is 3.01. The van der Waals surface area contributed by atoms with Gasteiger partial charge in [0.1, 0.15) is 0 Å². The molecule has 0 saturated heterocycles. The molecule has 0 amide bonds. The highest BCUT2D eigenvalue weighted by molar-refractivity contribution is 5.36. The molecule has 0 aliphatic heterocycles. The summed E-state index contributed by atoms with van der Waals surface area (Å²) < 4.78 is 0. The SMILES string of the molecule is Cc1cc(C2CC2)cc(C(C)(C)C)c1. The van der Waals surface area contributed by atoms with Gasteiger partial charge in [-0.2, -0.15) is 0 Å². The molecule has 1 aliphatic carbocycles. The molecular weight excluding hydrogens is 168 g/mol. The Balaban J connectivity index is 2.41. The van der Waals surface area contributed by atoms with E-state index in [0.29, 0.717) is 0 Å². The smallest absolute Gasteiger partial charge is 0.0132 e. The summed E-state index contributed by atoms with van der Waals surface area (Å²) in [6.45, 7) is 9.08. The summed E-state index contributed by atoms with van der Waals surface area (Å²) in [5, 5.41) is 0. The highest BCUT2D eigenvalue weighted by Gasteiger charge is 2.25. The number of benzene rings is 1. The van der Waals surface area contributed by atoms with Crippen molar-refractivity contribution >= 4 is 0 Å². The van der Waals surface area contributed by atoms with Crippen LogP contribution < -0.4 is 0 Å². The fourth-order valence-electron chi connectivity index (χ4n) is 1.90. The second kappa shape index (κ2) is 3.12. The van der Waals surface area contributed by atoms with Crippen LogP contribution in [0.5, 0.6) is 0 Å². The van der Waals surface area contributed by atoms with Crippen LogP contribution in [0, 0.1) is 6.92 Å². The van der Waals surface area contributed by atoms with E-state index in [1.807, 2.05) is 0 Å². The van der Waals surface area contributed by atoms with Crippen LogP contribution in [0.1, 0.15) is 56.2 Å². The predicted octanol–water partition coefficient (Wildman–Crippen LogP) is 4.17. The molecule has 0 atom stereocenters. The zero-order valence-corrected chi connectivity index (χ0v) is 9.72. The van der Waals surface area contributed by atoms with Gasteiger partial charge in [0, 0.05) is 0 Å². The Morgan fingerprint density at radius 1 is 1.07 bits per heavy atom. The molecule has 1 saturated carbocycles. The molecule has 1 aromatic carbocycles. The second-order valence-corrected chi connectivity index (χ2v) is 5.66. The van der Waals surface area contributed by atoms with Crippen molar-refractivity contribution in [1.29, 1.82) is 0 Å². The Bertz CT molecular complexity index is 338. The minimum absolute atomic E-state index is 0.287. The van der Waals surface area contributed by atoms with E-state index < -0.39 is 0 Å². The van der Waals surface area contributed by atoms with E-state index in [0.717, 1.165) is 5.92 Å². The lowest BCUT2D eigenvalue weighted by molar-refractivity contribution is 0.588. The van der Waals surface area contributed by atoms with Gasteiger partial charge < -0.3 is 0 Å². The molecule has 0 nitrogen and oxygen atoms in total. The lowest BCUT2D eigenvalue weighted by atomic mass is 9.84. The monoisotopic (exact) mass is 188 g/mol. The molecular formula is C14H20. The van der Waals surface area contributed by atoms with E-state index in [4.69, 9.17) is 0 Å². The van der Waals surface area contributed by atoms with Crippen molar-refractivity contribution in [2.45, 2.75) is 51.9 Å². The van der Waals surface area contributed by atoms with Gasteiger partial charge in [-0.25, -0.2) is 0 Å². The van der Waals surface area contributed by atoms with Gasteiger partial charge in [-0.15, -0.1) is 0 Å². The van der Waals surface area contributed by atoms with Gasteiger partial charge in [-0.05, 0) is 42.2 Å². The van der Waals surface area contributed by atoms with E-state index in [1.54, 1.807) is 5.56 Å². The van der Waals surface area contributed by atoms with Crippen molar-refractivity contribution in [3.05, 3.63) is 34.9 Å². The maximum atomic E-state index is 2.41. The molecule has 1 fully saturated rings. The largest absolute Gasteiger partial charge is 0.0561 e. The molecule has 0 aromatic heterocycles. The summed E-state index contributed by atoms with van der Waals surface area (Å²) in [5.41, 5.74) is 4.75. The molecule has 76 valence electrons. The third kappa shape index (κ3) is 2.00. The molecule has 2 rings (SSSR count). The molecule has 0 heteroatoms. The average molecular weight is 188 g/mol. The van der Waals surface area contributed by atoms with Gasteiger partial charge in [0.2, 0.25) is 0 Å². The Morgan fingerprint density at radius 3 is 2.21 bits per heavy atom. The lowest BCUT2D eigenvalue weighted by Gasteiger charge is -2.20. The minimum Gasteiger partial charge on any atom is -0.0561 e. The highest BCUT2D eigenvalue weighted by Crippen LogP contribution is 2.41. The Kier molecular flexibility index (Phi) is 2.17. The van der Waals surface area contributed by atoms with Crippen LogP contribution in [0.25, 0.3) is 0 Å². The summed E-state index contributed by atoms with van der Waals surface area (Å²) in [5.74, 6) is 0.871. The summed E-state index contributed by atoms with van der Waals surface area (Å²) in [7, 11) is 0. The average Bonchev–Trinajstić information content (AvgIpc) is 2.83. The summed E-state index contributed by atoms with van der Waals surface area (Å²) >= 11 is 0. The first-order valence-electron chi connectivity index (χ1n) is 5.59. The van der Waals surface area contributed by atoms with E-state index in [9.17, 15) is 0 Å². The van der Waals surface area contributed by atoms with Crippen molar-refractivity contribution in [3.8, 4) is 0 Å². The molecule has 1 aromatic rings. The van der Waals surface area contributed by atoms with Gasteiger partial charge in [0.25, 0.3) is 0 Å². The molecule has 0 radical (unpaired) electrons.